The highest BCUT2D eigenvalue weighted by Gasteiger charge is 2.10. The number of nitrogens with zero attached hydrogens (tertiary/aromatic N) is 2. The van der Waals surface area contributed by atoms with Gasteiger partial charge in [0.25, 0.3) is 5.91 Å². The number of anilines is 1. The molecule has 0 aliphatic rings. The SMILES string of the molecule is O=C(Nc1ccccc1CO)c1ccc2n[nH]nc2c1. The standard InChI is InChI=1S/C14H12N4O2/c19-8-10-3-1-2-4-11(10)15-14(20)9-5-6-12-13(7-9)17-18-16-12/h1-7,19H,8H2,(H,15,20)(H,16,17,18). The molecule has 1 amide bonds. The lowest BCUT2D eigenvalue weighted by Crippen LogP contribution is -2.13. The van der Waals surface area contributed by atoms with Crippen LogP contribution in [0.2, 0.25) is 0 Å². The minimum absolute atomic E-state index is 0.126. The number of aliphatic hydroxyl groups excluding tert-OH is 1. The molecule has 0 saturated heterocycles. The van der Waals surface area contributed by atoms with E-state index in [1.54, 1.807) is 36.4 Å². The van der Waals surface area contributed by atoms with Gasteiger partial charge in [0.05, 0.1) is 6.61 Å². The van der Waals surface area contributed by atoms with Crippen molar-refractivity contribution in [1.29, 1.82) is 0 Å². The summed E-state index contributed by atoms with van der Waals surface area (Å²) in [6.07, 6.45) is 0. The first-order valence-electron chi connectivity index (χ1n) is 6.08. The Morgan fingerprint density at radius 2 is 1.95 bits per heavy atom. The van der Waals surface area contributed by atoms with Gasteiger partial charge in [-0.1, -0.05) is 18.2 Å². The maximum Gasteiger partial charge on any atom is 0.255 e. The number of fused-ring (bicyclic) bond motifs is 1. The number of aliphatic hydroxyl groups is 1. The van der Waals surface area contributed by atoms with Crippen LogP contribution in [0.5, 0.6) is 0 Å². The van der Waals surface area contributed by atoms with E-state index in [0.29, 0.717) is 27.8 Å². The van der Waals surface area contributed by atoms with E-state index in [9.17, 15) is 9.90 Å². The summed E-state index contributed by atoms with van der Waals surface area (Å²) in [6, 6.07) is 12.2. The lowest BCUT2D eigenvalue weighted by atomic mass is 10.1. The molecule has 0 aliphatic heterocycles. The second-order valence-corrected chi connectivity index (χ2v) is 4.30. The molecule has 2 aromatic carbocycles. The number of aromatic nitrogens is 3. The molecule has 0 unspecified atom stereocenters. The minimum Gasteiger partial charge on any atom is -0.392 e. The summed E-state index contributed by atoms with van der Waals surface area (Å²) < 4.78 is 0. The number of carbonyl (C=O) groups is 1. The lowest BCUT2D eigenvalue weighted by molar-refractivity contribution is 0.102. The number of nitrogens with one attached hydrogen (secondary N) is 2. The molecule has 0 saturated carbocycles. The molecule has 1 aromatic heterocycles. The van der Waals surface area contributed by atoms with Crippen LogP contribution in [0.4, 0.5) is 5.69 Å². The average molecular weight is 268 g/mol. The van der Waals surface area contributed by atoms with Crippen molar-refractivity contribution in [2.24, 2.45) is 0 Å². The van der Waals surface area contributed by atoms with Crippen LogP contribution >= 0.6 is 0 Å². The van der Waals surface area contributed by atoms with Gasteiger partial charge in [-0.2, -0.15) is 15.4 Å². The average Bonchev–Trinajstić information content (AvgIpc) is 2.95. The number of rotatable bonds is 3. The number of hydrogen-bond acceptors (Lipinski definition) is 4. The van der Waals surface area contributed by atoms with E-state index in [1.807, 2.05) is 6.07 Å². The van der Waals surface area contributed by atoms with E-state index in [4.69, 9.17) is 0 Å². The van der Waals surface area contributed by atoms with Gasteiger partial charge in [0.2, 0.25) is 0 Å². The zero-order valence-corrected chi connectivity index (χ0v) is 10.5. The normalized spacial score (nSPS) is 10.7. The van der Waals surface area contributed by atoms with Crippen LogP contribution in [0.3, 0.4) is 0 Å². The van der Waals surface area contributed by atoms with Crippen LogP contribution in [0.25, 0.3) is 11.0 Å². The zero-order chi connectivity index (χ0) is 13.9. The van der Waals surface area contributed by atoms with Gasteiger partial charge in [-0.3, -0.25) is 4.79 Å². The molecule has 20 heavy (non-hydrogen) atoms. The van der Waals surface area contributed by atoms with Crippen molar-refractivity contribution in [1.82, 2.24) is 15.4 Å². The highest BCUT2D eigenvalue weighted by Crippen LogP contribution is 2.17. The van der Waals surface area contributed by atoms with E-state index in [-0.39, 0.29) is 12.5 Å². The largest absolute Gasteiger partial charge is 0.392 e. The van der Waals surface area contributed by atoms with Gasteiger partial charge in [0.1, 0.15) is 11.0 Å². The molecule has 100 valence electrons. The van der Waals surface area contributed by atoms with Crippen molar-refractivity contribution in [3.05, 3.63) is 53.6 Å². The van der Waals surface area contributed by atoms with Gasteiger partial charge >= 0.3 is 0 Å². The monoisotopic (exact) mass is 268 g/mol. The Balaban J connectivity index is 1.88. The van der Waals surface area contributed by atoms with Crippen LogP contribution in [-0.2, 0) is 6.61 Å². The third-order valence-electron chi connectivity index (χ3n) is 3.01. The summed E-state index contributed by atoms with van der Waals surface area (Å²) in [5.41, 5.74) is 3.09. The topological polar surface area (TPSA) is 90.9 Å². The first-order chi connectivity index (χ1) is 9.78. The number of hydrogen-bond donors (Lipinski definition) is 3. The second-order valence-electron chi connectivity index (χ2n) is 4.30. The summed E-state index contributed by atoms with van der Waals surface area (Å²) in [5.74, 6) is -0.254. The predicted octanol–water partition coefficient (Wildman–Crippen LogP) is 1.70. The molecule has 1 heterocycles. The predicted molar refractivity (Wildman–Crippen MR) is 74.2 cm³/mol. The van der Waals surface area contributed by atoms with Gasteiger partial charge in [-0.05, 0) is 24.3 Å². The Labute approximate surface area is 114 Å². The van der Waals surface area contributed by atoms with E-state index in [2.05, 4.69) is 20.7 Å². The first kappa shape index (κ1) is 12.3. The Morgan fingerprint density at radius 1 is 1.15 bits per heavy atom. The maximum absolute atomic E-state index is 12.2. The van der Waals surface area contributed by atoms with Crippen molar-refractivity contribution in [2.45, 2.75) is 6.61 Å². The molecule has 0 fully saturated rings. The van der Waals surface area contributed by atoms with E-state index >= 15 is 0 Å². The number of benzene rings is 2. The molecule has 0 bridgehead atoms. The molecular formula is C14H12N4O2. The maximum atomic E-state index is 12.2. The smallest absolute Gasteiger partial charge is 0.255 e. The van der Waals surface area contributed by atoms with Crippen molar-refractivity contribution in [3.8, 4) is 0 Å². The molecule has 0 atom stereocenters. The fraction of sp³-hybridized carbons (Fsp3) is 0.0714. The van der Waals surface area contributed by atoms with Gasteiger partial charge in [-0.25, -0.2) is 0 Å². The number of carbonyl (C=O) groups excluding carboxylic acids is 1. The van der Waals surface area contributed by atoms with Gasteiger partial charge in [0, 0.05) is 16.8 Å². The summed E-state index contributed by atoms with van der Waals surface area (Å²) >= 11 is 0. The summed E-state index contributed by atoms with van der Waals surface area (Å²) in [7, 11) is 0. The van der Waals surface area contributed by atoms with Gasteiger partial charge < -0.3 is 10.4 Å². The number of amides is 1. The Kier molecular flexibility index (Phi) is 3.14. The Hall–Kier alpha value is -2.73. The number of aromatic amines is 1. The highest BCUT2D eigenvalue weighted by molar-refractivity contribution is 6.06. The van der Waals surface area contributed by atoms with Crippen LogP contribution in [0, 0.1) is 0 Å². The Bertz CT molecular complexity index is 766. The lowest BCUT2D eigenvalue weighted by Gasteiger charge is -2.09. The summed E-state index contributed by atoms with van der Waals surface area (Å²) in [4.78, 5) is 12.2. The minimum atomic E-state index is -0.254. The van der Waals surface area contributed by atoms with Crippen molar-refractivity contribution in [3.63, 3.8) is 0 Å². The van der Waals surface area contributed by atoms with Crippen LogP contribution in [-0.4, -0.2) is 26.4 Å². The summed E-state index contributed by atoms with van der Waals surface area (Å²) in [6.45, 7) is -0.126. The fourth-order valence-corrected chi connectivity index (χ4v) is 1.96. The number of para-hydroxylation sites is 1. The van der Waals surface area contributed by atoms with Crippen molar-refractivity contribution < 1.29 is 9.90 Å². The van der Waals surface area contributed by atoms with Crippen molar-refractivity contribution >= 4 is 22.6 Å². The van der Waals surface area contributed by atoms with E-state index in [0.717, 1.165) is 0 Å². The molecule has 0 aliphatic carbocycles. The van der Waals surface area contributed by atoms with Crippen LogP contribution in [0.1, 0.15) is 15.9 Å². The van der Waals surface area contributed by atoms with E-state index in [1.165, 1.54) is 0 Å². The fourth-order valence-electron chi connectivity index (χ4n) is 1.96. The molecule has 3 aromatic rings. The molecule has 0 radical (unpaired) electrons. The third kappa shape index (κ3) is 2.24. The van der Waals surface area contributed by atoms with Gasteiger partial charge in [-0.15, -0.1) is 0 Å². The molecular weight excluding hydrogens is 256 g/mol. The zero-order valence-electron chi connectivity index (χ0n) is 10.5. The molecule has 3 N–H and O–H groups in total. The quantitative estimate of drug-likeness (QED) is 0.674. The first-order valence-corrected chi connectivity index (χ1v) is 6.08. The van der Waals surface area contributed by atoms with Crippen LogP contribution in [0.15, 0.2) is 42.5 Å². The van der Waals surface area contributed by atoms with E-state index < -0.39 is 0 Å². The molecule has 6 nitrogen and oxygen atoms in total. The summed E-state index contributed by atoms with van der Waals surface area (Å²) in [5, 5.41) is 22.4. The molecule has 0 spiro atoms. The molecule has 6 heteroatoms. The van der Waals surface area contributed by atoms with Crippen molar-refractivity contribution in [2.75, 3.05) is 5.32 Å². The van der Waals surface area contributed by atoms with Crippen LogP contribution < -0.4 is 5.32 Å². The highest BCUT2D eigenvalue weighted by atomic mass is 16.3. The second kappa shape index (κ2) is 5.10. The van der Waals surface area contributed by atoms with Gasteiger partial charge in [0.15, 0.2) is 0 Å². The molecule has 3 rings (SSSR count). The number of H-pyrrole nitrogens is 1. The third-order valence-corrected chi connectivity index (χ3v) is 3.01. The Morgan fingerprint density at radius 3 is 2.80 bits per heavy atom.